The van der Waals surface area contributed by atoms with Crippen molar-refractivity contribution in [2.75, 3.05) is 5.32 Å². The number of nitrogens with zero attached hydrogens (tertiary/aromatic N) is 4. The maximum atomic E-state index is 13.0. The van der Waals surface area contributed by atoms with Crippen LogP contribution in [0.5, 0.6) is 0 Å². The number of benzene rings is 1. The Bertz CT molecular complexity index is 1250. The number of pyridine rings is 1. The highest BCUT2D eigenvalue weighted by molar-refractivity contribution is 6.25. The number of carbonyl (C=O) groups excluding carboxylic acids is 1. The minimum Gasteiger partial charge on any atom is -0.363 e. The summed E-state index contributed by atoms with van der Waals surface area (Å²) in [5.41, 5.74) is 1.66. The van der Waals surface area contributed by atoms with Crippen LogP contribution >= 0.6 is 0 Å². The standard InChI is InChI=1S/C18H8F3N5O2/c19-18(20,21)17-23-6-8-13-9(16(27)15(8)25-17)7-22-10-2-1-3-11(14(10)13)24-12-4-5-28-26-12/h1-7H,(H,24,26). The van der Waals surface area contributed by atoms with Crippen molar-refractivity contribution in [2.45, 2.75) is 6.18 Å². The predicted octanol–water partition coefficient (Wildman–Crippen LogP) is 3.99. The summed E-state index contributed by atoms with van der Waals surface area (Å²) in [6.45, 7) is 0. The number of rotatable bonds is 2. The van der Waals surface area contributed by atoms with Gasteiger partial charge >= 0.3 is 6.18 Å². The third kappa shape index (κ3) is 2.34. The Morgan fingerprint density at radius 2 is 1.86 bits per heavy atom. The second-order valence-corrected chi connectivity index (χ2v) is 6.04. The lowest BCUT2D eigenvalue weighted by Crippen LogP contribution is -2.13. The van der Waals surface area contributed by atoms with Gasteiger partial charge in [-0.3, -0.25) is 9.78 Å². The van der Waals surface area contributed by atoms with E-state index in [4.69, 9.17) is 4.52 Å². The first-order valence-corrected chi connectivity index (χ1v) is 8.02. The molecule has 0 spiro atoms. The van der Waals surface area contributed by atoms with Gasteiger partial charge in [0.1, 0.15) is 12.0 Å². The fourth-order valence-electron chi connectivity index (χ4n) is 3.22. The zero-order chi connectivity index (χ0) is 19.5. The number of carbonyl (C=O) groups is 1. The van der Waals surface area contributed by atoms with E-state index in [1.165, 1.54) is 12.5 Å². The van der Waals surface area contributed by atoms with Crippen LogP contribution in [-0.4, -0.2) is 25.9 Å². The van der Waals surface area contributed by atoms with Crippen molar-refractivity contribution in [3.05, 3.63) is 60.0 Å². The first kappa shape index (κ1) is 16.4. The fraction of sp³-hybridized carbons (Fsp3) is 0.0556. The molecule has 0 saturated heterocycles. The fourth-order valence-corrected chi connectivity index (χ4v) is 3.22. The Kier molecular flexibility index (Phi) is 3.26. The predicted molar refractivity (Wildman–Crippen MR) is 91.0 cm³/mol. The SMILES string of the molecule is O=C1c2cnc3cccc(Nc4ccon4)c3c2-c2cnc(C(F)(F)F)nc21. The van der Waals surface area contributed by atoms with Crippen LogP contribution in [0.25, 0.3) is 22.0 Å². The average Bonchev–Trinajstić information content (AvgIpc) is 3.28. The lowest BCUT2D eigenvalue weighted by Gasteiger charge is -2.11. The van der Waals surface area contributed by atoms with Crippen molar-refractivity contribution >= 4 is 28.2 Å². The van der Waals surface area contributed by atoms with Gasteiger partial charge in [-0.05, 0) is 12.1 Å². The molecular weight excluding hydrogens is 375 g/mol. The van der Waals surface area contributed by atoms with Crippen LogP contribution in [0.15, 0.2) is 47.4 Å². The number of nitrogens with one attached hydrogen (secondary N) is 1. The molecule has 0 atom stereocenters. The van der Waals surface area contributed by atoms with E-state index < -0.39 is 17.8 Å². The number of fused-ring (bicyclic) bond motifs is 5. The third-order valence-corrected chi connectivity index (χ3v) is 4.37. The Morgan fingerprint density at radius 3 is 2.61 bits per heavy atom. The molecule has 0 radical (unpaired) electrons. The van der Waals surface area contributed by atoms with Gasteiger partial charge in [-0.25, -0.2) is 9.97 Å². The first-order valence-electron chi connectivity index (χ1n) is 8.02. The molecule has 3 heterocycles. The molecule has 0 bridgehead atoms. The zero-order valence-corrected chi connectivity index (χ0v) is 13.8. The number of aromatic nitrogens is 4. The van der Waals surface area contributed by atoms with Crippen molar-refractivity contribution in [3.8, 4) is 11.1 Å². The summed E-state index contributed by atoms with van der Waals surface area (Å²) in [5, 5.41) is 7.40. The second-order valence-electron chi connectivity index (χ2n) is 6.04. The van der Waals surface area contributed by atoms with Gasteiger partial charge in [0.05, 0.1) is 11.1 Å². The summed E-state index contributed by atoms with van der Waals surface area (Å²) in [4.78, 5) is 23.8. The topological polar surface area (TPSA) is 93.8 Å². The summed E-state index contributed by atoms with van der Waals surface area (Å²) in [5.74, 6) is -1.55. The van der Waals surface area contributed by atoms with E-state index in [0.717, 1.165) is 6.20 Å². The van der Waals surface area contributed by atoms with Gasteiger partial charge in [0, 0.05) is 40.7 Å². The normalized spacial score (nSPS) is 12.9. The summed E-state index contributed by atoms with van der Waals surface area (Å²) in [6, 6.07) is 6.84. The second kappa shape index (κ2) is 5.59. The Morgan fingerprint density at radius 1 is 1.04 bits per heavy atom. The van der Waals surface area contributed by atoms with E-state index in [1.807, 2.05) is 0 Å². The van der Waals surface area contributed by atoms with Gasteiger partial charge < -0.3 is 9.84 Å². The zero-order valence-electron chi connectivity index (χ0n) is 13.8. The van der Waals surface area contributed by atoms with Crippen molar-refractivity contribution < 1.29 is 22.5 Å². The van der Waals surface area contributed by atoms with Gasteiger partial charge in [0.25, 0.3) is 0 Å². The maximum Gasteiger partial charge on any atom is 0.451 e. The van der Waals surface area contributed by atoms with Crippen LogP contribution in [0.1, 0.15) is 21.9 Å². The van der Waals surface area contributed by atoms with Gasteiger partial charge in [0.2, 0.25) is 11.6 Å². The lowest BCUT2D eigenvalue weighted by molar-refractivity contribution is -0.145. The molecule has 7 nitrogen and oxygen atoms in total. The number of ketones is 1. The molecule has 28 heavy (non-hydrogen) atoms. The van der Waals surface area contributed by atoms with Crippen LogP contribution in [-0.2, 0) is 6.18 Å². The minimum atomic E-state index is -4.75. The van der Waals surface area contributed by atoms with Crippen LogP contribution in [0.2, 0.25) is 0 Å². The van der Waals surface area contributed by atoms with Gasteiger partial charge in [0.15, 0.2) is 5.82 Å². The number of hydrogen-bond acceptors (Lipinski definition) is 7. The maximum absolute atomic E-state index is 13.0. The first-order chi connectivity index (χ1) is 13.4. The highest BCUT2D eigenvalue weighted by Crippen LogP contribution is 2.43. The molecule has 1 aromatic carbocycles. The molecule has 0 amide bonds. The third-order valence-electron chi connectivity index (χ3n) is 4.37. The average molecular weight is 383 g/mol. The smallest absolute Gasteiger partial charge is 0.363 e. The van der Waals surface area contributed by atoms with Crippen LogP contribution < -0.4 is 5.32 Å². The number of halogens is 3. The summed E-state index contributed by atoms with van der Waals surface area (Å²) >= 11 is 0. The molecule has 0 fully saturated rings. The number of alkyl halides is 3. The summed E-state index contributed by atoms with van der Waals surface area (Å²) < 4.78 is 43.7. The number of hydrogen-bond donors (Lipinski definition) is 1. The van der Waals surface area contributed by atoms with Crippen molar-refractivity contribution in [3.63, 3.8) is 0 Å². The molecule has 0 saturated carbocycles. The molecule has 0 aliphatic heterocycles. The highest BCUT2D eigenvalue weighted by Gasteiger charge is 2.39. The molecular formula is C18H8F3N5O2. The van der Waals surface area contributed by atoms with Gasteiger partial charge in [-0.1, -0.05) is 11.2 Å². The molecule has 5 rings (SSSR count). The Hall–Kier alpha value is -3.82. The van der Waals surface area contributed by atoms with E-state index in [-0.39, 0.29) is 16.8 Å². The molecule has 138 valence electrons. The molecule has 1 N–H and O–H groups in total. The molecule has 0 unspecified atom stereocenters. The molecule has 1 aliphatic rings. The van der Waals surface area contributed by atoms with E-state index in [0.29, 0.717) is 28.0 Å². The van der Waals surface area contributed by atoms with Gasteiger partial charge in [-0.2, -0.15) is 13.2 Å². The monoisotopic (exact) mass is 383 g/mol. The quantitative estimate of drug-likeness (QED) is 0.493. The van der Waals surface area contributed by atoms with Crippen molar-refractivity contribution in [1.29, 1.82) is 0 Å². The number of anilines is 2. The van der Waals surface area contributed by atoms with E-state index >= 15 is 0 Å². The summed E-state index contributed by atoms with van der Waals surface area (Å²) in [6.07, 6.45) is -0.985. The van der Waals surface area contributed by atoms with Crippen molar-refractivity contribution in [1.82, 2.24) is 20.1 Å². The van der Waals surface area contributed by atoms with E-state index in [1.54, 1.807) is 24.3 Å². The van der Waals surface area contributed by atoms with Crippen LogP contribution in [0, 0.1) is 0 Å². The Labute approximate surface area is 154 Å². The van der Waals surface area contributed by atoms with Crippen LogP contribution in [0.3, 0.4) is 0 Å². The molecule has 4 aromatic rings. The van der Waals surface area contributed by atoms with Crippen molar-refractivity contribution in [2.24, 2.45) is 0 Å². The Balaban J connectivity index is 1.77. The van der Waals surface area contributed by atoms with E-state index in [2.05, 4.69) is 25.4 Å². The lowest BCUT2D eigenvalue weighted by atomic mass is 10.0. The molecule has 3 aromatic heterocycles. The molecule has 1 aliphatic carbocycles. The van der Waals surface area contributed by atoms with E-state index in [9.17, 15) is 18.0 Å². The van der Waals surface area contributed by atoms with Gasteiger partial charge in [-0.15, -0.1) is 0 Å². The summed E-state index contributed by atoms with van der Waals surface area (Å²) in [7, 11) is 0. The highest BCUT2D eigenvalue weighted by atomic mass is 19.4. The molecule has 10 heteroatoms. The largest absolute Gasteiger partial charge is 0.451 e. The minimum absolute atomic E-state index is 0.172. The van der Waals surface area contributed by atoms with Crippen LogP contribution in [0.4, 0.5) is 24.7 Å².